The van der Waals surface area contributed by atoms with Crippen LogP contribution >= 0.6 is 0 Å². The van der Waals surface area contributed by atoms with Crippen LogP contribution in [0.1, 0.15) is 51.9 Å². The van der Waals surface area contributed by atoms with Gasteiger partial charge in [0.25, 0.3) is 0 Å². The van der Waals surface area contributed by atoms with Crippen LogP contribution in [0.4, 0.5) is 0 Å². The number of aliphatic hydroxyl groups is 2. The molecule has 0 spiro atoms. The molecule has 0 saturated heterocycles. The first kappa shape index (κ1) is 12.3. The third-order valence-electron chi connectivity index (χ3n) is 4.51. The largest absolute Gasteiger partial charge is 0.394 e. The molecule has 3 N–H and O–H groups in total. The van der Waals surface area contributed by atoms with Gasteiger partial charge in [-0.2, -0.15) is 0 Å². The highest BCUT2D eigenvalue weighted by Crippen LogP contribution is 2.33. The van der Waals surface area contributed by atoms with E-state index in [0.717, 1.165) is 38.0 Å². The van der Waals surface area contributed by atoms with Crippen LogP contribution < -0.4 is 5.32 Å². The highest BCUT2D eigenvalue weighted by Gasteiger charge is 2.38. The Morgan fingerprint density at radius 3 is 2.38 bits per heavy atom. The van der Waals surface area contributed by atoms with E-state index in [9.17, 15) is 10.2 Å². The fourth-order valence-electron chi connectivity index (χ4n) is 3.16. The lowest BCUT2D eigenvalue weighted by Crippen LogP contribution is -2.56. The predicted octanol–water partition coefficient (Wildman–Crippen LogP) is 1.43. The molecule has 3 nitrogen and oxygen atoms in total. The molecule has 2 aliphatic carbocycles. The van der Waals surface area contributed by atoms with E-state index in [0.29, 0.717) is 0 Å². The normalized spacial score (nSPS) is 44.8. The summed E-state index contributed by atoms with van der Waals surface area (Å²) in [6.45, 7) is 2.49. The molecule has 0 aliphatic heterocycles. The molecule has 0 aromatic rings. The van der Waals surface area contributed by atoms with Crippen LogP contribution in [0.3, 0.4) is 0 Å². The Hall–Kier alpha value is -0.120. The molecule has 3 heteroatoms. The summed E-state index contributed by atoms with van der Waals surface area (Å²) < 4.78 is 0. The Kier molecular flexibility index (Phi) is 3.88. The molecule has 0 aromatic carbocycles. The fraction of sp³-hybridized carbons (Fsp3) is 1.00. The van der Waals surface area contributed by atoms with Crippen molar-refractivity contribution in [2.45, 2.75) is 69.6 Å². The summed E-state index contributed by atoms with van der Waals surface area (Å²) in [5, 5.41) is 23.0. The van der Waals surface area contributed by atoms with Crippen molar-refractivity contribution >= 4 is 0 Å². The van der Waals surface area contributed by atoms with E-state index in [-0.39, 0.29) is 24.3 Å². The van der Waals surface area contributed by atoms with Gasteiger partial charge in [0.05, 0.1) is 12.7 Å². The number of hydrogen-bond donors (Lipinski definition) is 3. The third kappa shape index (κ3) is 2.58. The van der Waals surface area contributed by atoms with Gasteiger partial charge in [0.15, 0.2) is 0 Å². The van der Waals surface area contributed by atoms with Crippen molar-refractivity contribution in [2.75, 3.05) is 6.61 Å². The summed E-state index contributed by atoms with van der Waals surface area (Å²) in [6.07, 6.45) is 7.35. The van der Waals surface area contributed by atoms with Crippen molar-refractivity contribution < 1.29 is 10.2 Å². The van der Waals surface area contributed by atoms with Crippen LogP contribution in [0.5, 0.6) is 0 Å². The van der Waals surface area contributed by atoms with E-state index >= 15 is 0 Å². The zero-order valence-electron chi connectivity index (χ0n) is 10.3. The molecule has 0 heterocycles. The smallest absolute Gasteiger partial charge is 0.0693 e. The molecule has 2 fully saturated rings. The summed E-state index contributed by atoms with van der Waals surface area (Å²) in [5.74, 6) is 0.787. The Labute approximate surface area is 98.2 Å². The van der Waals surface area contributed by atoms with Crippen molar-refractivity contribution in [1.29, 1.82) is 0 Å². The first-order valence-electron chi connectivity index (χ1n) is 6.72. The van der Waals surface area contributed by atoms with Crippen LogP contribution in [0.2, 0.25) is 0 Å². The third-order valence-corrected chi connectivity index (χ3v) is 4.51. The van der Waals surface area contributed by atoms with Crippen LogP contribution in [0.25, 0.3) is 0 Å². The lowest BCUT2D eigenvalue weighted by molar-refractivity contribution is 0.0649. The SMILES string of the molecule is CC1CCC(CO)(N[C@@H]2CCC[C@H]2O)CC1. The molecule has 0 amide bonds. The van der Waals surface area contributed by atoms with E-state index in [1.54, 1.807) is 0 Å². The summed E-state index contributed by atoms with van der Waals surface area (Å²) in [7, 11) is 0. The maximum Gasteiger partial charge on any atom is 0.0693 e. The lowest BCUT2D eigenvalue weighted by Gasteiger charge is -2.41. The molecule has 0 unspecified atom stereocenters. The summed E-state index contributed by atoms with van der Waals surface area (Å²) >= 11 is 0. The second-order valence-corrected chi connectivity index (χ2v) is 5.87. The monoisotopic (exact) mass is 227 g/mol. The molecule has 2 saturated carbocycles. The summed E-state index contributed by atoms with van der Waals surface area (Å²) in [6, 6.07) is 0.209. The quantitative estimate of drug-likeness (QED) is 0.683. The number of rotatable bonds is 3. The minimum absolute atomic E-state index is 0.109. The maximum absolute atomic E-state index is 9.84. The average molecular weight is 227 g/mol. The Bertz CT molecular complexity index is 224. The van der Waals surface area contributed by atoms with E-state index < -0.39 is 0 Å². The molecule has 0 aromatic heterocycles. The number of hydrogen-bond acceptors (Lipinski definition) is 3. The van der Waals surface area contributed by atoms with Gasteiger partial charge in [0, 0.05) is 11.6 Å². The van der Waals surface area contributed by atoms with Crippen LogP contribution in [-0.4, -0.2) is 34.5 Å². The number of nitrogens with one attached hydrogen (secondary N) is 1. The Balaban J connectivity index is 1.93. The lowest BCUT2D eigenvalue weighted by atomic mass is 9.77. The molecule has 16 heavy (non-hydrogen) atoms. The topological polar surface area (TPSA) is 52.5 Å². The zero-order valence-corrected chi connectivity index (χ0v) is 10.3. The van der Waals surface area contributed by atoms with Crippen molar-refractivity contribution in [3.8, 4) is 0 Å². The highest BCUT2D eigenvalue weighted by atomic mass is 16.3. The summed E-state index contributed by atoms with van der Waals surface area (Å²) in [4.78, 5) is 0. The molecular formula is C13H25NO2. The van der Waals surface area contributed by atoms with Crippen molar-refractivity contribution in [2.24, 2.45) is 5.92 Å². The number of aliphatic hydroxyl groups excluding tert-OH is 2. The molecule has 0 bridgehead atoms. The Morgan fingerprint density at radius 2 is 1.88 bits per heavy atom. The minimum Gasteiger partial charge on any atom is -0.394 e. The van der Waals surface area contributed by atoms with Gasteiger partial charge in [-0.15, -0.1) is 0 Å². The van der Waals surface area contributed by atoms with E-state index in [1.807, 2.05) is 0 Å². The van der Waals surface area contributed by atoms with Gasteiger partial charge in [-0.25, -0.2) is 0 Å². The van der Waals surface area contributed by atoms with Crippen LogP contribution in [-0.2, 0) is 0 Å². The second kappa shape index (κ2) is 5.03. The minimum atomic E-state index is -0.206. The average Bonchev–Trinajstić information content (AvgIpc) is 2.68. The van der Waals surface area contributed by atoms with E-state index in [4.69, 9.17) is 0 Å². The molecule has 0 radical (unpaired) electrons. The van der Waals surface area contributed by atoms with Gasteiger partial charge in [-0.1, -0.05) is 6.92 Å². The predicted molar refractivity (Wildman–Crippen MR) is 64.2 cm³/mol. The van der Waals surface area contributed by atoms with Gasteiger partial charge in [0.1, 0.15) is 0 Å². The van der Waals surface area contributed by atoms with Crippen molar-refractivity contribution in [1.82, 2.24) is 5.32 Å². The van der Waals surface area contributed by atoms with Crippen LogP contribution in [0.15, 0.2) is 0 Å². The fourth-order valence-corrected chi connectivity index (χ4v) is 3.16. The standard InChI is InChI=1S/C13H25NO2/c1-10-5-7-13(9-15,8-6-10)14-11-3-2-4-12(11)16/h10-12,14-16H,2-9H2,1H3/t10?,11-,12-,13?/m1/s1. The van der Waals surface area contributed by atoms with Gasteiger partial charge < -0.3 is 15.5 Å². The van der Waals surface area contributed by atoms with E-state index in [1.165, 1.54) is 12.8 Å². The summed E-state index contributed by atoms with van der Waals surface area (Å²) in [5.41, 5.74) is -0.109. The first-order chi connectivity index (χ1) is 7.65. The molecule has 2 aliphatic rings. The van der Waals surface area contributed by atoms with Crippen LogP contribution in [0, 0.1) is 5.92 Å². The maximum atomic E-state index is 9.84. The van der Waals surface area contributed by atoms with Crippen molar-refractivity contribution in [3.63, 3.8) is 0 Å². The Morgan fingerprint density at radius 1 is 1.19 bits per heavy atom. The zero-order chi connectivity index (χ0) is 11.6. The van der Waals surface area contributed by atoms with Gasteiger partial charge >= 0.3 is 0 Å². The van der Waals surface area contributed by atoms with Gasteiger partial charge in [0.2, 0.25) is 0 Å². The van der Waals surface area contributed by atoms with Crippen molar-refractivity contribution in [3.05, 3.63) is 0 Å². The highest BCUT2D eigenvalue weighted by molar-refractivity contribution is 4.97. The molecule has 94 valence electrons. The first-order valence-corrected chi connectivity index (χ1v) is 6.72. The molecule has 2 atom stereocenters. The molecular weight excluding hydrogens is 202 g/mol. The van der Waals surface area contributed by atoms with Gasteiger partial charge in [-0.05, 0) is 50.9 Å². The molecule has 2 rings (SSSR count). The van der Waals surface area contributed by atoms with E-state index in [2.05, 4.69) is 12.2 Å². The van der Waals surface area contributed by atoms with Gasteiger partial charge in [-0.3, -0.25) is 0 Å². The second-order valence-electron chi connectivity index (χ2n) is 5.87.